The van der Waals surface area contributed by atoms with E-state index in [1.165, 1.54) is 5.56 Å². The van der Waals surface area contributed by atoms with Gasteiger partial charge in [0, 0.05) is 65.1 Å². The topological polar surface area (TPSA) is 73.0 Å². The van der Waals surface area contributed by atoms with Crippen LogP contribution in [-0.4, -0.2) is 80.3 Å². The molecule has 4 rings (SSSR count). The summed E-state index contributed by atoms with van der Waals surface area (Å²) in [7, 11) is 2.14. The Hall–Kier alpha value is -2.68. The van der Waals surface area contributed by atoms with Gasteiger partial charge in [-0.25, -0.2) is 9.78 Å². The van der Waals surface area contributed by atoms with E-state index >= 15 is 0 Å². The first kappa shape index (κ1) is 22.5. The summed E-state index contributed by atoms with van der Waals surface area (Å²) in [6.07, 6.45) is 1.82. The van der Waals surface area contributed by atoms with Crippen molar-refractivity contribution < 1.29 is 9.53 Å². The third kappa shape index (κ3) is 6.41. The number of aromatic nitrogens is 1. The van der Waals surface area contributed by atoms with Crippen LogP contribution >= 0.6 is 0 Å². The maximum Gasteiger partial charge on any atom is 0.315 e. The number of hydrogen-bond acceptors (Lipinski definition) is 6. The highest BCUT2D eigenvalue weighted by atomic mass is 16.5. The van der Waals surface area contributed by atoms with E-state index in [4.69, 9.17) is 4.74 Å². The summed E-state index contributed by atoms with van der Waals surface area (Å²) in [6.45, 7) is 9.38. The summed E-state index contributed by atoms with van der Waals surface area (Å²) in [5.41, 5.74) is 3.45. The van der Waals surface area contributed by atoms with E-state index in [-0.39, 0.29) is 6.03 Å². The van der Waals surface area contributed by atoms with E-state index < -0.39 is 0 Å². The van der Waals surface area contributed by atoms with Crippen LogP contribution in [0.5, 0.6) is 0 Å². The number of anilines is 1. The summed E-state index contributed by atoms with van der Waals surface area (Å²) >= 11 is 0. The fourth-order valence-electron chi connectivity index (χ4n) is 4.08. The molecule has 0 radical (unpaired) electrons. The molecule has 3 heterocycles. The molecule has 0 bridgehead atoms. The third-order valence-corrected chi connectivity index (χ3v) is 6.15. The van der Waals surface area contributed by atoms with Crippen molar-refractivity contribution in [2.45, 2.75) is 19.6 Å². The van der Waals surface area contributed by atoms with Crippen LogP contribution in [0.2, 0.25) is 0 Å². The number of morpholine rings is 1. The van der Waals surface area contributed by atoms with Crippen LogP contribution in [-0.2, 0) is 24.4 Å². The molecule has 1 aromatic heterocycles. The smallest absolute Gasteiger partial charge is 0.315 e. The van der Waals surface area contributed by atoms with E-state index in [0.29, 0.717) is 13.1 Å². The molecule has 2 amide bonds. The molecule has 2 aliphatic rings. The van der Waals surface area contributed by atoms with Crippen LogP contribution in [0.3, 0.4) is 0 Å². The fourth-order valence-corrected chi connectivity index (χ4v) is 4.08. The van der Waals surface area contributed by atoms with Gasteiger partial charge >= 0.3 is 6.03 Å². The summed E-state index contributed by atoms with van der Waals surface area (Å²) in [5.74, 6) is 0.981. The van der Waals surface area contributed by atoms with Gasteiger partial charge in [-0.3, -0.25) is 4.90 Å². The number of amides is 2. The van der Waals surface area contributed by atoms with E-state index in [0.717, 1.165) is 76.0 Å². The lowest BCUT2D eigenvalue weighted by Gasteiger charge is -2.33. The minimum Gasteiger partial charge on any atom is -0.379 e. The number of nitrogens with zero attached hydrogens (tertiary/aromatic N) is 4. The van der Waals surface area contributed by atoms with Crippen LogP contribution in [0.1, 0.15) is 16.7 Å². The predicted octanol–water partition coefficient (Wildman–Crippen LogP) is 1.67. The lowest BCUT2D eigenvalue weighted by Crippen LogP contribution is -2.44. The number of piperazine rings is 1. The Kier molecular flexibility index (Phi) is 7.92. The van der Waals surface area contributed by atoms with E-state index in [2.05, 4.69) is 61.6 Å². The van der Waals surface area contributed by atoms with Crippen molar-refractivity contribution in [1.29, 1.82) is 0 Å². The molecule has 0 unspecified atom stereocenters. The van der Waals surface area contributed by atoms with Crippen molar-refractivity contribution >= 4 is 11.8 Å². The number of urea groups is 1. The molecular formula is C24H34N6O2. The molecule has 0 spiro atoms. The van der Waals surface area contributed by atoms with Gasteiger partial charge in [0.1, 0.15) is 5.82 Å². The summed E-state index contributed by atoms with van der Waals surface area (Å²) < 4.78 is 5.44. The molecule has 8 heteroatoms. The Labute approximate surface area is 190 Å². The van der Waals surface area contributed by atoms with E-state index in [1.807, 2.05) is 18.3 Å². The normalized spacial score (nSPS) is 17.8. The number of pyridine rings is 1. The van der Waals surface area contributed by atoms with Crippen LogP contribution in [0, 0.1) is 0 Å². The van der Waals surface area contributed by atoms with Gasteiger partial charge in [-0.1, -0.05) is 24.3 Å². The van der Waals surface area contributed by atoms with E-state index in [1.54, 1.807) is 0 Å². The van der Waals surface area contributed by atoms with Gasteiger partial charge in [0.05, 0.1) is 13.2 Å². The van der Waals surface area contributed by atoms with Gasteiger partial charge in [0.2, 0.25) is 0 Å². The van der Waals surface area contributed by atoms with Gasteiger partial charge in [0.15, 0.2) is 0 Å². The molecule has 8 nitrogen and oxygen atoms in total. The van der Waals surface area contributed by atoms with Crippen LogP contribution < -0.4 is 15.5 Å². The summed E-state index contributed by atoms with van der Waals surface area (Å²) in [6, 6.07) is 12.2. The number of nitrogens with one attached hydrogen (secondary N) is 2. The number of likely N-dealkylation sites (N-methyl/N-ethyl adjacent to an activating group) is 1. The van der Waals surface area contributed by atoms with Gasteiger partial charge in [0.25, 0.3) is 0 Å². The zero-order valence-corrected chi connectivity index (χ0v) is 18.9. The molecule has 0 atom stereocenters. The molecule has 2 fully saturated rings. The van der Waals surface area contributed by atoms with Crippen molar-refractivity contribution in [3.63, 3.8) is 0 Å². The number of hydrogen-bond donors (Lipinski definition) is 2. The predicted molar refractivity (Wildman–Crippen MR) is 126 cm³/mol. The average molecular weight is 439 g/mol. The Balaban J connectivity index is 1.26. The van der Waals surface area contributed by atoms with Crippen molar-refractivity contribution in [3.8, 4) is 0 Å². The zero-order valence-electron chi connectivity index (χ0n) is 18.9. The Morgan fingerprint density at radius 1 is 0.969 bits per heavy atom. The number of ether oxygens (including phenoxy) is 1. The molecule has 2 N–H and O–H groups in total. The highest BCUT2D eigenvalue weighted by Gasteiger charge is 2.16. The first-order valence-corrected chi connectivity index (χ1v) is 11.4. The van der Waals surface area contributed by atoms with Crippen molar-refractivity contribution in [1.82, 2.24) is 25.4 Å². The maximum absolute atomic E-state index is 12.4. The highest BCUT2D eigenvalue weighted by molar-refractivity contribution is 5.73. The quantitative estimate of drug-likeness (QED) is 0.685. The minimum absolute atomic E-state index is 0.163. The second-order valence-electron chi connectivity index (χ2n) is 8.51. The van der Waals surface area contributed by atoms with Crippen molar-refractivity contribution in [2.75, 3.05) is 64.4 Å². The third-order valence-electron chi connectivity index (χ3n) is 6.15. The SMILES string of the molecule is CN1CCN(c2cc(CNC(=O)NCc3ccccc3CN3CCOCC3)ccn2)CC1. The average Bonchev–Trinajstić information content (AvgIpc) is 2.83. The molecule has 2 aliphatic heterocycles. The van der Waals surface area contributed by atoms with Gasteiger partial charge in [-0.05, 0) is 35.9 Å². The molecule has 1 aromatic carbocycles. The Morgan fingerprint density at radius 3 is 2.47 bits per heavy atom. The zero-order chi connectivity index (χ0) is 22.2. The van der Waals surface area contributed by atoms with Gasteiger partial charge < -0.3 is 25.2 Å². The first-order valence-electron chi connectivity index (χ1n) is 11.4. The Morgan fingerprint density at radius 2 is 1.69 bits per heavy atom. The monoisotopic (exact) mass is 438 g/mol. The fraction of sp³-hybridized carbons (Fsp3) is 0.500. The highest BCUT2D eigenvalue weighted by Crippen LogP contribution is 2.15. The minimum atomic E-state index is -0.163. The van der Waals surface area contributed by atoms with Crippen LogP contribution in [0.15, 0.2) is 42.6 Å². The second-order valence-corrected chi connectivity index (χ2v) is 8.51. The van der Waals surface area contributed by atoms with Crippen molar-refractivity contribution in [2.24, 2.45) is 0 Å². The number of rotatable bonds is 7. The largest absolute Gasteiger partial charge is 0.379 e. The molecule has 0 aliphatic carbocycles. The molecule has 0 saturated carbocycles. The molecule has 2 aromatic rings. The lowest BCUT2D eigenvalue weighted by molar-refractivity contribution is 0.0341. The van der Waals surface area contributed by atoms with Gasteiger partial charge in [-0.2, -0.15) is 0 Å². The molecule has 2 saturated heterocycles. The van der Waals surface area contributed by atoms with Crippen LogP contribution in [0.25, 0.3) is 0 Å². The molecular weight excluding hydrogens is 404 g/mol. The maximum atomic E-state index is 12.4. The standard InChI is InChI=1S/C24H34N6O2/c1-28-8-10-30(11-9-28)23-16-20(6-7-25-23)17-26-24(31)27-18-21-4-2-3-5-22(21)19-29-12-14-32-15-13-29/h2-7,16H,8-15,17-19H2,1H3,(H2,26,27,31). The van der Waals surface area contributed by atoms with E-state index in [9.17, 15) is 4.79 Å². The first-order chi connectivity index (χ1) is 15.7. The molecule has 32 heavy (non-hydrogen) atoms. The van der Waals surface area contributed by atoms with Crippen LogP contribution in [0.4, 0.5) is 10.6 Å². The molecule has 172 valence electrons. The lowest BCUT2D eigenvalue weighted by atomic mass is 10.1. The van der Waals surface area contributed by atoms with Crippen molar-refractivity contribution in [3.05, 3.63) is 59.3 Å². The number of carbonyl (C=O) groups is 1. The summed E-state index contributed by atoms with van der Waals surface area (Å²) in [5, 5.41) is 5.98. The number of carbonyl (C=O) groups excluding carboxylic acids is 1. The Bertz CT molecular complexity index is 878. The second kappa shape index (κ2) is 11.3. The van der Waals surface area contributed by atoms with Gasteiger partial charge in [-0.15, -0.1) is 0 Å². The summed E-state index contributed by atoms with van der Waals surface area (Å²) in [4.78, 5) is 24.0. The number of benzene rings is 1.